The highest BCUT2D eigenvalue weighted by Crippen LogP contribution is 2.32. The number of rotatable bonds is 0. The second-order valence-corrected chi connectivity index (χ2v) is 4.81. The summed E-state index contributed by atoms with van der Waals surface area (Å²) in [5.74, 6) is 0. The highest BCUT2D eigenvalue weighted by Gasteiger charge is 2.15. The molecule has 0 aromatic heterocycles. The Balaban J connectivity index is -0.0000000256. The van der Waals surface area contributed by atoms with Gasteiger partial charge in [0.2, 0.25) is 0 Å². The number of fused-ring (bicyclic) bond motifs is 1. The number of nitrogens with one attached hydrogen (secondary N) is 1. The van der Waals surface area contributed by atoms with E-state index in [0.717, 1.165) is 14.8 Å². The molecule has 0 atom stereocenters. The van der Waals surface area contributed by atoms with Crippen molar-refractivity contribution < 1.29 is 0 Å². The van der Waals surface area contributed by atoms with Crippen LogP contribution in [0.25, 0.3) is 0 Å². The smallest absolute Gasteiger partial charge is 0.0854 e. The van der Waals surface area contributed by atoms with Gasteiger partial charge in [-0.2, -0.15) is 0 Å². The fourth-order valence-electron chi connectivity index (χ4n) is 1.35. The fraction of sp³-hybridized carbons (Fsp3) is 0.0909. The molecule has 1 heterocycles. The van der Waals surface area contributed by atoms with Gasteiger partial charge in [0.1, 0.15) is 0 Å². The number of hydrogen-bond donors (Lipinski definition) is 12. The minimum absolute atomic E-state index is 0. The molecular weight excluding hydrogens is 460 g/mol. The van der Waals surface area contributed by atoms with Crippen molar-refractivity contribution in [3.05, 3.63) is 56.3 Å². The Hall–Kier alpha value is -0.980. The van der Waals surface area contributed by atoms with E-state index >= 15 is 0 Å². The molecule has 1 aliphatic heterocycles. The van der Waals surface area contributed by atoms with Gasteiger partial charge < -0.3 is 73.0 Å². The van der Waals surface area contributed by atoms with E-state index < -0.39 is 0 Å². The van der Waals surface area contributed by atoms with Gasteiger partial charge in [0.25, 0.3) is 0 Å². The third-order valence-electron chi connectivity index (χ3n) is 2.12. The summed E-state index contributed by atoms with van der Waals surface area (Å²) in [6, 6.07) is 0. The highest BCUT2D eigenvalue weighted by atomic mass is 79.9. The van der Waals surface area contributed by atoms with Gasteiger partial charge in [-0.15, -0.1) is 0 Å². The summed E-state index contributed by atoms with van der Waals surface area (Å²) in [6.45, 7) is 2.07. The van der Waals surface area contributed by atoms with Crippen LogP contribution in [0.2, 0.25) is 0 Å². The zero-order chi connectivity index (χ0) is 10.1. The predicted molar refractivity (Wildman–Crippen MR) is 122 cm³/mol. The maximum absolute atomic E-state index is 3.55. The lowest BCUT2D eigenvalue weighted by molar-refractivity contribution is 1.03. The molecular formula is C11H42Br2N12. The van der Waals surface area contributed by atoms with E-state index in [2.05, 4.69) is 56.3 Å². The summed E-state index contributed by atoms with van der Waals surface area (Å²) >= 11 is 7.04. The molecule has 1 aliphatic carbocycles. The first-order valence-corrected chi connectivity index (χ1v) is 5.87. The van der Waals surface area contributed by atoms with Crippen LogP contribution in [0.4, 0.5) is 0 Å². The van der Waals surface area contributed by atoms with Gasteiger partial charge in [-0.1, -0.05) is 28.1 Å². The first-order valence-electron chi connectivity index (χ1n) is 4.28. The van der Waals surface area contributed by atoms with Crippen LogP contribution in [0.1, 0.15) is 6.92 Å². The number of halogens is 2. The Morgan fingerprint density at radius 3 is 1.52 bits per heavy atom. The average Bonchev–Trinajstić information content (AvgIpc) is 2.31. The molecule has 160 valence electrons. The Labute approximate surface area is 168 Å². The summed E-state index contributed by atoms with van der Waals surface area (Å²) < 4.78 is 2.13. The van der Waals surface area contributed by atoms with E-state index in [1.807, 2.05) is 18.2 Å². The maximum Gasteiger partial charge on any atom is 0.0854 e. The normalized spacial score (nSPS) is 11.4. The molecule has 0 aromatic rings. The van der Waals surface area contributed by atoms with Gasteiger partial charge in [0.05, 0.1) is 4.61 Å². The van der Waals surface area contributed by atoms with Crippen molar-refractivity contribution in [1.82, 2.24) is 73.0 Å². The standard InChI is InChI=1S/C11H9Br2N.11H3N/c1-7-6-8-9(12)4-2-3-5-10(8)14-11(7)13;;;;;;;;;;;/h2-6,14H,1H3;11*1H3. The van der Waals surface area contributed by atoms with Gasteiger partial charge in [-0.05, 0) is 46.7 Å². The van der Waals surface area contributed by atoms with Crippen LogP contribution in [0.5, 0.6) is 0 Å². The Bertz CT molecular complexity index is 442. The molecule has 14 heteroatoms. The Morgan fingerprint density at radius 1 is 0.680 bits per heavy atom. The highest BCUT2D eigenvalue weighted by molar-refractivity contribution is 9.12. The van der Waals surface area contributed by atoms with Crippen LogP contribution in [0.15, 0.2) is 56.3 Å². The van der Waals surface area contributed by atoms with Gasteiger partial charge >= 0.3 is 0 Å². The number of allylic oxidation sites excluding steroid dienone is 7. The fourth-order valence-corrected chi connectivity index (χ4v) is 2.16. The van der Waals surface area contributed by atoms with Crippen LogP contribution < -0.4 is 73.0 Å². The van der Waals surface area contributed by atoms with Crippen LogP contribution in [-0.4, -0.2) is 0 Å². The van der Waals surface area contributed by atoms with E-state index in [-0.39, 0.29) is 67.7 Å². The molecule has 2 rings (SSSR count). The van der Waals surface area contributed by atoms with E-state index in [9.17, 15) is 0 Å². The molecule has 0 fully saturated rings. The van der Waals surface area contributed by atoms with Crippen molar-refractivity contribution in [2.75, 3.05) is 0 Å². The van der Waals surface area contributed by atoms with Crippen LogP contribution in [0.3, 0.4) is 0 Å². The third-order valence-corrected chi connectivity index (χ3v) is 3.63. The molecule has 0 amide bonds. The molecule has 25 heavy (non-hydrogen) atoms. The van der Waals surface area contributed by atoms with E-state index in [1.54, 1.807) is 0 Å². The van der Waals surface area contributed by atoms with Crippen molar-refractivity contribution in [1.29, 1.82) is 0 Å². The quantitative estimate of drug-likeness (QED) is 0.178. The Kier molecular flexibility index (Phi) is 72.1. The third kappa shape index (κ3) is 15.0. The molecule has 0 spiro atoms. The monoisotopic (exact) mass is 500 g/mol. The van der Waals surface area contributed by atoms with Crippen molar-refractivity contribution in [3.8, 4) is 0 Å². The summed E-state index contributed by atoms with van der Waals surface area (Å²) in [5, 5.41) is 3.31. The van der Waals surface area contributed by atoms with Crippen molar-refractivity contribution >= 4 is 31.9 Å². The lowest BCUT2D eigenvalue weighted by Crippen LogP contribution is -2.16. The summed E-state index contributed by atoms with van der Waals surface area (Å²) in [5.41, 5.74) is 3.50. The van der Waals surface area contributed by atoms with E-state index in [1.165, 1.54) is 11.1 Å². The van der Waals surface area contributed by atoms with E-state index in [4.69, 9.17) is 0 Å². The first kappa shape index (κ1) is 64.8. The second-order valence-electron chi connectivity index (χ2n) is 3.16. The minimum atomic E-state index is 0. The zero-order valence-corrected chi connectivity index (χ0v) is 18.6. The van der Waals surface area contributed by atoms with Gasteiger partial charge in [0.15, 0.2) is 0 Å². The molecule has 0 saturated carbocycles. The second kappa shape index (κ2) is 27.8. The van der Waals surface area contributed by atoms with Crippen molar-refractivity contribution in [2.24, 2.45) is 0 Å². The lowest BCUT2D eigenvalue weighted by Gasteiger charge is -2.19. The number of dihydropyridines is 1. The maximum atomic E-state index is 3.55. The molecule has 0 aromatic carbocycles. The Morgan fingerprint density at radius 2 is 1.08 bits per heavy atom. The molecule has 0 saturated heterocycles. The van der Waals surface area contributed by atoms with Gasteiger partial charge in [-0.3, -0.25) is 0 Å². The number of hydrogen-bond acceptors (Lipinski definition) is 12. The molecule has 2 aliphatic rings. The SMILES string of the molecule is CC1=C(Br)NC2=CC=CC=C(Br)C2=C1.N.N.N.N.N.N.N.N.N.N.N. The van der Waals surface area contributed by atoms with Crippen molar-refractivity contribution in [3.63, 3.8) is 0 Å². The topological polar surface area (TPSA) is 397 Å². The first-order chi connectivity index (χ1) is 6.68. The summed E-state index contributed by atoms with van der Waals surface area (Å²) in [6.07, 6.45) is 10.3. The average molecular weight is 502 g/mol. The predicted octanol–water partition coefficient (Wildman–Crippen LogP) is 5.66. The summed E-state index contributed by atoms with van der Waals surface area (Å²) in [7, 11) is 0. The van der Waals surface area contributed by atoms with Crippen LogP contribution in [-0.2, 0) is 0 Å². The van der Waals surface area contributed by atoms with Crippen LogP contribution in [0, 0.1) is 0 Å². The van der Waals surface area contributed by atoms with Crippen molar-refractivity contribution in [2.45, 2.75) is 6.92 Å². The van der Waals surface area contributed by atoms with Crippen LogP contribution >= 0.6 is 31.9 Å². The molecule has 0 unspecified atom stereocenters. The molecule has 0 bridgehead atoms. The van der Waals surface area contributed by atoms with Gasteiger partial charge in [0, 0.05) is 15.8 Å². The largest absolute Gasteiger partial charge is 0.349 e. The molecule has 0 radical (unpaired) electrons. The zero-order valence-electron chi connectivity index (χ0n) is 15.4. The minimum Gasteiger partial charge on any atom is -0.349 e. The lowest BCUT2D eigenvalue weighted by atomic mass is 10.1. The molecule has 34 N–H and O–H groups in total. The summed E-state index contributed by atoms with van der Waals surface area (Å²) in [4.78, 5) is 0. The van der Waals surface area contributed by atoms with Gasteiger partial charge in [-0.25, -0.2) is 0 Å². The van der Waals surface area contributed by atoms with E-state index in [0.29, 0.717) is 0 Å². The molecule has 12 nitrogen and oxygen atoms in total.